The first-order chi connectivity index (χ1) is 9.43. The molecule has 2 rings (SSSR count). The fraction of sp³-hybridized carbons (Fsp3) is 0.143. The molecule has 104 valence electrons. The number of hydrogen-bond acceptors (Lipinski definition) is 4. The van der Waals surface area contributed by atoms with E-state index in [1.807, 2.05) is 0 Å². The molecule has 1 aliphatic rings. The summed E-state index contributed by atoms with van der Waals surface area (Å²) in [4.78, 5) is 23.7. The second-order valence-corrected chi connectivity index (χ2v) is 5.04. The van der Waals surface area contributed by atoms with Crippen LogP contribution in [0.15, 0.2) is 36.2 Å². The maximum Gasteiger partial charge on any atom is 0.322 e. The van der Waals surface area contributed by atoms with Crippen LogP contribution < -0.4 is 5.32 Å². The minimum Gasteiger partial charge on any atom is -0.468 e. The van der Waals surface area contributed by atoms with Gasteiger partial charge in [-0.2, -0.15) is 0 Å². The number of halogens is 2. The Morgan fingerprint density at radius 1 is 1.45 bits per heavy atom. The Morgan fingerprint density at radius 2 is 2.15 bits per heavy atom. The fourth-order valence-corrected chi connectivity index (χ4v) is 2.33. The Balaban J connectivity index is 2.35. The van der Waals surface area contributed by atoms with Gasteiger partial charge in [-0.15, -0.1) is 0 Å². The van der Waals surface area contributed by atoms with Gasteiger partial charge in [-0.1, -0.05) is 35.8 Å². The lowest BCUT2D eigenvalue weighted by Gasteiger charge is -2.04. The van der Waals surface area contributed by atoms with E-state index in [1.54, 1.807) is 24.3 Å². The first-order valence-corrected chi connectivity index (χ1v) is 6.44. The summed E-state index contributed by atoms with van der Waals surface area (Å²) >= 11 is 11.8. The first-order valence-electron chi connectivity index (χ1n) is 5.68. The Hall–Kier alpha value is -1.78. The zero-order valence-corrected chi connectivity index (χ0v) is 12.1. The van der Waals surface area contributed by atoms with Crippen molar-refractivity contribution in [1.82, 2.24) is 5.32 Å². The van der Waals surface area contributed by atoms with Crippen LogP contribution in [-0.4, -0.2) is 18.9 Å². The summed E-state index contributed by atoms with van der Waals surface area (Å²) in [5.74, 6) is -2.05. The van der Waals surface area contributed by atoms with Crippen molar-refractivity contribution < 1.29 is 14.3 Å². The maximum atomic E-state index is 12.1. The van der Waals surface area contributed by atoms with Crippen molar-refractivity contribution in [2.75, 3.05) is 7.11 Å². The molecule has 20 heavy (non-hydrogen) atoms. The topological polar surface area (TPSA) is 55.4 Å². The Labute approximate surface area is 126 Å². The maximum absolute atomic E-state index is 12.1. The number of Topliss-reactive ketones (excluding diaryl/α,β-unsaturated/α-hetero) is 1. The number of nitrogens with one attached hydrogen (secondary N) is 1. The van der Waals surface area contributed by atoms with Gasteiger partial charge in [-0.3, -0.25) is 9.59 Å². The van der Waals surface area contributed by atoms with E-state index >= 15 is 0 Å². The molecule has 4 nitrogen and oxygen atoms in total. The van der Waals surface area contributed by atoms with Crippen LogP contribution in [-0.2, 0) is 14.3 Å². The van der Waals surface area contributed by atoms with Crippen LogP contribution in [0.1, 0.15) is 5.56 Å². The van der Waals surface area contributed by atoms with E-state index in [-0.39, 0.29) is 11.4 Å². The van der Waals surface area contributed by atoms with E-state index in [1.165, 1.54) is 7.11 Å². The molecule has 0 radical (unpaired) electrons. The van der Waals surface area contributed by atoms with Crippen LogP contribution in [0.5, 0.6) is 0 Å². The predicted molar refractivity (Wildman–Crippen MR) is 77.2 cm³/mol. The molecule has 1 aromatic rings. The summed E-state index contributed by atoms with van der Waals surface area (Å²) in [5, 5.41) is 3.69. The minimum absolute atomic E-state index is 0.245. The molecule has 0 spiro atoms. The number of hydrogen-bond donors (Lipinski definition) is 1. The molecule has 6 heteroatoms. The Kier molecular flexibility index (Phi) is 4.16. The standard InChI is InChI=1S/C14H11Cl2NO3/c1-7-12(14(19)20-2)13(18)11(17-7)5-8-3-4-9(15)6-10(8)16/h3-6,12,17H,1H2,2H3. The number of benzene rings is 1. The molecular formula is C14H11Cl2NO3. The third-order valence-electron chi connectivity index (χ3n) is 2.87. The van der Waals surface area contributed by atoms with Crippen LogP contribution in [0.3, 0.4) is 0 Å². The molecule has 1 fully saturated rings. The highest BCUT2D eigenvalue weighted by atomic mass is 35.5. The minimum atomic E-state index is -1.02. The SMILES string of the molecule is C=C1NC(=Cc2ccc(Cl)cc2Cl)C(=O)C1C(=O)OC. The van der Waals surface area contributed by atoms with Crippen LogP contribution in [0.2, 0.25) is 10.0 Å². The average Bonchev–Trinajstić information content (AvgIpc) is 2.67. The zero-order chi connectivity index (χ0) is 14.9. The second kappa shape index (κ2) is 5.69. The molecule has 1 aromatic carbocycles. The van der Waals surface area contributed by atoms with E-state index < -0.39 is 17.7 Å². The van der Waals surface area contributed by atoms with Gasteiger partial charge in [0.2, 0.25) is 0 Å². The van der Waals surface area contributed by atoms with E-state index in [0.717, 1.165) is 0 Å². The summed E-state index contributed by atoms with van der Waals surface area (Å²) in [7, 11) is 1.22. The number of carbonyl (C=O) groups excluding carboxylic acids is 2. The number of rotatable bonds is 2. The van der Waals surface area contributed by atoms with Gasteiger partial charge >= 0.3 is 5.97 Å². The summed E-state index contributed by atoms with van der Waals surface area (Å²) in [6.45, 7) is 3.66. The normalized spacial score (nSPS) is 20.1. The third-order valence-corrected chi connectivity index (χ3v) is 3.43. The van der Waals surface area contributed by atoms with Crippen molar-refractivity contribution in [3.8, 4) is 0 Å². The molecule has 0 saturated carbocycles. The number of esters is 1. The molecule has 1 atom stereocenters. The monoisotopic (exact) mass is 311 g/mol. The summed E-state index contributed by atoms with van der Waals surface area (Å²) in [6.07, 6.45) is 1.55. The highest BCUT2D eigenvalue weighted by Crippen LogP contribution is 2.27. The van der Waals surface area contributed by atoms with Gasteiger partial charge in [0.1, 0.15) is 0 Å². The van der Waals surface area contributed by atoms with Crippen molar-refractivity contribution in [2.45, 2.75) is 0 Å². The van der Waals surface area contributed by atoms with Crippen molar-refractivity contribution in [1.29, 1.82) is 0 Å². The van der Waals surface area contributed by atoms with E-state index in [0.29, 0.717) is 15.6 Å². The van der Waals surface area contributed by atoms with Gasteiger partial charge < -0.3 is 10.1 Å². The van der Waals surface area contributed by atoms with Gasteiger partial charge in [0, 0.05) is 15.7 Å². The molecule has 1 heterocycles. The highest BCUT2D eigenvalue weighted by molar-refractivity contribution is 6.35. The Morgan fingerprint density at radius 3 is 2.75 bits per heavy atom. The number of ether oxygens (including phenoxy) is 1. The van der Waals surface area contributed by atoms with Crippen LogP contribution in [0, 0.1) is 5.92 Å². The first kappa shape index (κ1) is 14.6. The van der Waals surface area contributed by atoms with Gasteiger partial charge in [0.05, 0.1) is 12.8 Å². The van der Waals surface area contributed by atoms with Crippen molar-refractivity contribution >= 4 is 41.0 Å². The van der Waals surface area contributed by atoms with Gasteiger partial charge in [-0.25, -0.2) is 0 Å². The zero-order valence-electron chi connectivity index (χ0n) is 10.6. The molecule has 0 aromatic heterocycles. The fourth-order valence-electron chi connectivity index (χ4n) is 1.87. The second-order valence-electron chi connectivity index (χ2n) is 4.19. The van der Waals surface area contributed by atoms with Gasteiger partial charge in [-0.05, 0) is 23.8 Å². The van der Waals surface area contributed by atoms with Crippen molar-refractivity contribution in [3.05, 3.63) is 51.8 Å². The number of ketones is 1. The lowest BCUT2D eigenvalue weighted by Crippen LogP contribution is -2.21. The highest BCUT2D eigenvalue weighted by Gasteiger charge is 2.39. The molecule has 0 amide bonds. The summed E-state index contributed by atoms with van der Waals surface area (Å²) < 4.78 is 4.58. The lowest BCUT2D eigenvalue weighted by atomic mass is 10.0. The van der Waals surface area contributed by atoms with Gasteiger partial charge in [0.25, 0.3) is 0 Å². The molecule has 1 unspecified atom stereocenters. The molecule has 0 aliphatic carbocycles. The summed E-state index contributed by atoms with van der Waals surface area (Å²) in [6, 6.07) is 4.91. The molecular weight excluding hydrogens is 301 g/mol. The largest absolute Gasteiger partial charge is 0.468 e. The Bertz CT molecular complexity index is 637. The quantitative estimate of drug-likeness (QED) is 0.518. The smallest absolute Gasteiger partial charge is 0.322 e. The van der Waals surface area contributed by atoms with Crippen LogP contribution in [0.25, 0.3) is 6.08 Å². The predicted octanol–water partition coefficient (Wildman–Crippen LogP) is 2.81. The molecule has 1 saturated heterocycles. The number of methoxy groups -OCH3 is 1. The van der Waals surface area contributed by atoms with E-state index in [2.05, 4.69) is 16.6 Å². The summed E-state index contributed by atoms with van der Waals surface area (Å²) in [5.41, 5.74) is 1.15. The van der Waals surface area contributed by atoms with Crippen LogP contribution >= 0.6 is 23.2 Å². The lowest BCUT2D eigenvalue weighted by molar-refractivity contribution is -0.146. The van der Waals surface area contributed by atoms with Gasteiger partial charge in [0.15, 0.2) is 11.7 Å². The van der Waals surface area contributed by atoms with Crippen molar-refractivity contribution in [2.24, 2.45) is 5.92 Å². The average molecular weight is 312 g/mol. The third kappa shape index (κ3) is 2.71. The molecule has 1 N–H and O–H groups in total. The number of allylic oxidation sites excluding steroid dienone is 1. The van der Waals surface area contributed by atoms with Crippen molar-refractivity contribution in [3.63, 3.8) is 0 Å². The van der Waals surface area contributed by atoms with E-state index in [4.69, 9.17) is 23.2 Å². The molecule has 0 bridgehead atoms. The van der Waals surface area contributed by atoms with E-state index in [9.17, 15) is 9.59 Å². The molecule has 1 aliphatic heterocycles. The number of carbonyl (C=O) groups is 2. The van der Waals surface area contributed by atoms with Crippen LogP contribution in [0.4, 0.5) is 0 Å².